The second-order valence-electron chi connectivity index (χ2n) is 4.25. The van der Waals surface area contributed by atoms with E-state index in [2.05, 4.69) is 26.5 Å². The summed E-state index contributed by atoms with van der Waals surface area (Å²) in [4.78, 5) is 11.9. The number of hydrazone groups is 1. The van der Waals surface area contributed by atoms with Gasteiger partial charge in [-0.2, -0.15) is 5.10 Å². The molecule has 3 nitrogen and oxygen atoms in total. The van der Waals surface area contributed by atoms with Gasteiger partial charge in [-0.05, 0) is 53.2 Å². The molecule has 0 atom stereocenters. The first-order valence-corrected chi connectivity index (χ1v) is 6.83. The predicted octanol–water partition coefficient (Wildman–Crippen LogP) is 3.88. The van der Waals surface area contributed by atoms with Crippen molar-refractivity contribution >= 4 is 27.5 Å². The number of hydrogen-bond acceptors (Lipinski definition) is 2. The van der Waals surface area contributed by atoms with E-state index < -0.39 is 17.5 Å². The Morgan fingerprint density at radius 3 is 2.52 bits per heavy atom. The van der Waals surface area contributed by atoms with E-state index in [0.717, 1.165) is 12.1 Å². The van der Waals surface area contributed by atoms with E-state index in [9.17, 15) is 13.6 Å². The molecule has 1 N–H and O–H groups in total. The molecule has 0 fully saturated rings. The van der Waals surface area contributed by atoms with E-state index >= 15 is 0 Å². The Morgan fingerprint density at radius 1 is 1.14 bits per heavy atom. The van der Waals surface area contributed by atoms with Crippen molar-refractivity contribution in [3.05, 3.63) is 69.7 Å². The number of carbonyl (C=O) groups excluding carboxylic acids is 1. The first-order valence-electron chi connectivity index (χ1n) is 6.03. The fraction of sp³-hybridized carbons (Fsp3) is 0.0667. The lowest BCUT2D eigenvalue weighted by Crippen LogP contribution is -2.19. The largest absolute Gasteiger partial charge is 0.272 e. The van der Waals surface area contributed by atoms with Crippen molar-refractivity contribution in [1.82, 2.24) is 5.43 Å². The number of halogens is 3. The number of hydrogen-bond donors (Lipinski definition) is 1. The molecule has 0 aliphatic heterocycles. The number of nitrogens with zero attached hydrogens (tertiary/aromatic N) is 1. The highest BCUT2D eigenvalue weighted by Gasteiger charge is 2.09. The minimum absolute atomic E-state index is 0.370. The van der Waals surface area contributed by atoms with Crippen LogP contribution in [0, 0.1) is 11.6 Å². The third-order valence-electron chi connectivity index (χ3n) is 2.78. The van der Waals surface area contributed by atoms with E-state index in [-0.39, 0.29) is 0 Å². The van der Waals surface area contributed by atoms with Crippen LogP contribution >= 0.6 is 15.9 Å². The maximum atomic E-state index is 13.1. The standard InChI is InChI=1S/C15H11BrF2N2O/c1-9(10-6-7-13(17)14(18)8-10)19-20-15(21)11-4-2-3-5-12(11)16/h2-8H,1H3,(H,20,21)/b19-9-. The van der Waals surface area contributed by atoms with Crippen LogP contribution in [0.15, 0.2) is 52.0 Å². The summed E-state index contributed by atoms with van der Waals surface area (Å²) in [6.07, 6.45) is 0. The van der Waals surface area contributed by atoms with Gasteiger partial charge in [-0.15, -0.1) is 0 Å². The molecule has 0 aromatic heterocycles. The van der Waals surface area contributed by atoms with Gasteiger partial charge in [0.1, 0.15) is 0 Å². The average molecular weight is 353 g/mol. The lowest BCUT2D eigenvalue weighted by molar-refractivity contribution is 0.0954. The molecule has 0 saturated carbocycles. The third-order valence-corrected chi connectivity index (χ3v) is 3.47. The second kappa shape index (κ2) is 6.58. The first kappa shape index (κ1) is 15.3. The highest BCUT2D eigenvalue weighted by atomic mass is 79.9. The summed E-state index contributed by atoms with van der Waals surface area (Å²) in [5, 5.41) is 3.89. The van der Waals surface area contributed by atoms with Gasteiger partial charge in [-0.3, -0.25) is 4.79 Å². The van der Waals surface area contributed by atoms with Crippen molar-refractivity contribution in [3.8, 4) is 0 Å². The molecule has 2 rings (SSSR count). The van der Waals surface area contributed by atoms with Gasteiger partial charge in [0.05, 0.1) is 11.3 Å². The van der Waals surface area contributed by atoms with Crippen molar-refractivity contribution in [3.63, 3.8) is 0 Å². The molecule has 0 saturated heterocycles. The minimum atomic E-state index is -0.959. The Kier molecular flexibility index (Phi) is 4.80. The maximum Gasteiger partial charge on any atom is 0.272 e. The zero-order chi connectivity index (χ0) is 15.4. The number of carbonyl (C=O) groups is 1. The average Bonchev–Trinajstić information content (AvgIpc) is 2.47. The van der Waals surface area contributed by atoms with Gasteiger partial charge in [-0.25, -0.2) is 14.2 Å². The molecule has 2 aromatic carbocycles. The fourth-order valence-corrected chi connectivity index (χ4v) is 2.09. The molecule has 0 radical (unpaired) electrons. The molecule has 0 aliphatic carbocycles. The van der Waals surface area contributed by atoms with Crippen LogP contribution in [0.4, 0.5) is 8.78 Å². The molecule has 0 aliphatic rings. The molecule has 1 amide bonds. The molecule has 0 spiro atoms. The third kappa shape index (κ3) is 3.72. The monoisotopic (exact) mass is 352 g/mol. The minimum Gasteiger partial charge on any atom is -0.267 e. The van der Waals surface area contributed by atoms with E-state index in [1.54, 1.807) is 31.2 Å². The number of benzene rings is 2. The lowest BCUT2D eigenvalue weighted by atomic mass is 10.1. The SMILES string of the molecule is C/C(=N/NC(=O)c1ccccc1Br)c1ccc(F)c(F)c1. The number of amides is 1. The van der Waals surface area contributed by atoms with Crippen LogP contribution in [0.25, 0.3) is 0 Å². The van der Waals surface area contributed by atoms with Gasteiger partial charge in [0, 0.05) is 10.0 Å². The van der Waals surface area contributed by atoms with Crippen LogP contribution in [0.3, 0.4) is 0 Å². The van der Waals surface area contributed by atoms with Crippen molar-refractivity contribution in [2.75, 3.05) is 0 Å². The van der Waals surface area contributed by atoms with Crippen LogP contribution in [-0.2, 0) is 0 Å². The van der Waals surface area contributed by atoms with Gasteiger partial charge in [-0.1, -0.05) is 12.1 Å². The van der Waals surface area contributed by atoms with Gasteiger partial charge in [0.25, 0.3) is 5.91 Å². The summed E-state index contributed by atoms with van der Waals surface area (Å²) in [5.74, 6) is -2.28. The Bertz CT molecular complexity index is 717. The quantitative estimate of drug-likeness (QED) is 0.660. The molecule has 108 valence electrons. The number of rotatable bonds is 3. The van der Waals surface area contributed by atoms with Crippen molar-refractivity contribution in [2.24, 2.45) is 5.10 Å². The van der Waals surface area contributed by atoms with Crippen molar-refractivity contribution in [1.29, 1.82) is 0 Å². The lowest BCUT2D eigenvalue weighted by Gasteiger charge is -2.05. The summed E-state index contributed by atoms with van der Waals surface area (Å²) in [7, 11) is 0. The van der Waals surface area contributed by atoms with Gasteiger partial charge >= 0.3 is 0 Å². The Morgan fingerprint density at radius 2 is 1.86 bits per heavy atom. The van der Waals surface area contributed by atoms with Crippen LogP contribution in [0.5, 0.6) is 0 Å². The molecule has 2 aromatic rings. The highest BCUT2D eigenvalue weighted by molar-refractivity contribution is 9.10. The van der Waals surface area contributed by atoms with Gasteiger partial charge in [0.2, 0.25) is 0 Å². The summed E-state index contributed by atoms with van der Waals surface area (Å²) in [5.41, 5.74) is 3.56. The molecular formula is C15H11BrF2N2O. The Hall–Kier alpha value is -2.08. The second-order valence-corrected chi connectivity index (χ2v) is 5.10. The Balaban J connectivity index is 2.15. The molecule has 0 heterocycles. The molecular weight excluding hydrogens is 342 g/mol. The topological polar surface area (TPSA) is 41.5 Å². The van der Waals surface area contributed by atoms with E-state index in [4.69, 9.17) is 0 Å². The predicted molar refractivity (Wildman–Crippen MR) is 80.2 cm³/mol. The Labute approximate surface area is 128 Å². The zero-order valence-electron chi connectivity index (χ0n) is 11.0. The first-order chi connectivity index (χ1) is 9.99. The summed E-state index contributed by atoms with van der Waals surface area (Å²) < 4.78 is 26.6. The number of nitrogens with one attached hydrogen (secondary N) is 1. The smallest absolute Gasteiger partial charge is 0.267 e. The van der Waals surface area contributed by atoms with Crippen LogP contribution in [0.1, 0.15) is 22.8 Å². The van der Waals surface area contributed by atoms with Crippen LogP contribution in [-0.4, -0.2) is 11.6 Å². The summed E-state index contributed by atoms with van der Waals surface area (Å²) in [6.45, 7) is 1.59. The highest BCUT2D eigenvalue weighted by Crippen LogP contribution is 2.15. The maximum absolute atomic E-state index is 13.1. The molecule has 0 bridgehead atoms. The normalized spacial score (nSPS) is 11.3. The summed E-state index contributed by atoms with van der Waals surface area (Å²) >= 11 is 3.27. The van der Waals surface area contributed by atoms with E-state index in [0.29, 0.717) is 21.3 Å². The van der Waals surface area contributed by atoms with Gasteiger partial charge in [0.15, 0.2) is 11.6 Å². The fourth-order valence-electron chi connectivity index (χ4n) is 1.63. The van der Waals surface area contributed by atoms with E-state index in [1.165, 1.54) is 6.07 Å². The van der Waals surface area contributed by atoms with Gasteiger partial charge < -0.3 is 0 Å². The molecule has 0 unspecified atom stereocenters. The van der Waals surface area contributed by atoms with Crippen molar-refractivity contribution in [2.45, 2.75) is 6.92 Å². The molecule has 21 heavy (non-hydrogen) atoms. The van der Waals surface area contributed by atoms with Crippen LogP contribution < -0.4 is 5.43 Å². The summed E-state index contributed by atoms with van der Waals surface area (Å²) in [6, 6.07) is 10.3. The van der Waals surface area contributed by atoms with Crippen molar-refractivity contribution < 1.29 is 13.6 Å². The van der Waals surface area contributed by atoms with Crippen LogP contribution in [0.2, 0.25) is 0 Å². The van der Waals surface area contributed by atoms with E-state index in [1.807, 2.05) is 0 Å². The zero-order valence-corrected chi connectivity index (χ0v) is 12.6. The molecule has 6 heteroatoms.